The second kappa shape index (κ2) is 5.90. The maximum Gasteiger partial charge on any atom is 0.350 e. The lowest BCUT2D eigenvalue weighted by molar-refractivity contribution is 0.0603. The molecule has 0 amide bonds. The second-order valence-electron chi connectivity index (χ2n) is 2.32. The number of nitriles is 1. The van der Waals surface area contributed by atoms with Crippen LogP contribution in [0, 0.1) is 11.3 Å². The Morgan fingerprint density at radius 1 is 1.60 bits per heavy atom. The predicted octanol–water partition coefficient (Wildman–Crippen LogP) is 1.96. The van der Waals surface area contributed by atoms with Gasteiger partial charge in [-0.15, -0.1) is 11.8 Å². The summed E-state index contributed by atoms with van der Waals surface area (Å²) in [5.41, 5.74) is 0. The van der Waals surface area contributed by atoms with E-state index in [0.717, 1.165) is 22.7 Å². The molecule has 0 saturated carbocycles. The fourth-order valence-corrected chi connectivity index (χ4v) is 4.20. The fourth-order valence-electron chi connectivity index (χ4n) is 0.770. The van der Waals surface area contributed by atoms with E-state index in [1.807, 2.05) is 6.07 Å². The monoisotopic (exact) mass is 261 g/mol. The molecule has 1 aromatic rings. The number of nitrogens with zero attached hydrogens (tertiary/aromatic N) is 1. The van der Waals surface area contributed by atoms with Crippen molar-refractivity contribution in [3.63, 3.8) is 0 Å². The number of hydrogen-bond donors (Lipinski definition) is 0. The van der Waals surface area contributed by atoms with Crippen LogP contribution in [0.4, 0.5) is 0 Å². The third-order valence-corrected chi connectivity index (χ3v) is 4.90. The molecule has 0 unspecified atom stereocenters. The topological polar surface area (TPSA) is 67.2 Å². The molecule has 0 spiro atoms. The Hall–Kier alpha value is -0.840. The zero-order valence-electron chi connectivity index (χ0n) is 7.81. The highest BCUT2D eigenvalue weighted by atomic mass is 32.2. The Balaban J connectivity index is 2.82. The highest BCUT2D eigenvalue weighted by molar-refractivity contribution is 8.01. The van der Waals surface area contributed by atoms with Gasteiger partial charge in [0.1, 0.15) is 4.88 Å². The van der Waals surface area contributed by atoms with Crippen LogP contribution in [-0.4, -0.2) is 18.8 Å². The Bertz CT molecular complexity index is 443. The Labute approximate surface area is 98.5 Å². The van der Waals surface area contributed by atoms with Crippen molar-refractivity contribution in [2.24, 2.45) is 0 Å². The van der Waals surface area contributed by atoms with Crippen molar-refractivity contribution >= 4 is 40.4 Å². The van der Waals surface area contributed by atoms with Crippen molar-refractivity contribution in [1.29, 1.82) is 5.26 Å². The van der Waals surface area contributed by atoms with Crippen LogP contribution in [0.2, 0.25) is 0 Å². The Morgan fingerprint density at radius 2 is 2.33 bits per heavy atom. The lowest BCUT2D eigenvalue weighted by Crippen LogP contribution is -1.99. The molecule has 15 heavy (non-hydrogen) atoms. The molecule has 0 aliphatic heterocycles. The summed E-state index contributed by atoms with van der Waals surface area (Å²) in [4.78, 5) is 22.7. The summed E-state index contributed by atoms with van der Waals surface area (Å²) in [6.07, 6.45) is 0.391. The highest BCUT2D eigenvalue weighted by Gasteiger charge is 2.17. The molecule has 0 N–H and O–H groups in total. The lowest BCUT2D eigenvalue weighted by Gasteiger charge is -1.98. The van der Waals surface area contributed by atoms with Crippen molar-refractivity contribution in [3.8, 4) is 6.07 Å². The molecular formula is C8H7NO3S3. The zero-order chi connectivity index (χ0) is 11.3. The van der Waals surface area contributed by atoms with Crippen LogP contribution in [0.3, 0.4) is 0 Å². The van der Waals surface area contributed by atoms with Crippen molar-refractivity contribution in [2.45, 2.75) is 10.6 Å². The molecule has 0 atom stereocenters. The number of thioether (sulfide) groups is 1. The quantitative estimate of drug-likeness (QED) is 0.471. The van der Waals surface area contributed by atoms with E-state index in [4.69, 9.17) is 5.26 Å². The summed E-state index contributed by atoms with van der Waals surface area (Å²) in [7, 11) is 1.28. The summed E-state index contributed by atoms with van der Waals surface area (Å²) in [5.74, 6) is 0.0884. The SMILES string of the molecule is COC(=O)c1sc(=O)sc1SCCC#N. The van der Waals surface area contributed by atoms with Gasteiger partial charge in [-0.05, 0) is 0 Å². The van der Waals surface area contributed by atoms with Gasteiger partial charge in [-0.1, -0.05) is 22.7 Å². The minimum Gasteiger partial charge on any atom is -0.465 e. The Kier molecular flexibility index (Phi) is 4.81. The third kappa shape index (κ3) is 3.34. The van der Waals surface area contributed by atoms with Crippen molar-refractivity contribution in [1.82, 2.24) is 0 Å². The van der Waals surface area contributed by atoms with E-state index in [9.17, 15) is 9.59 Å². The molecule has 0 aliphatic rings. The molecule has 1 rings (SSSR count). The lowest BCUT2D eigenvalue weighted by atomic mass is 10.6. The molecule has 0 fully saturated rings. The first kappa shape index (κ1) is 12.2. The predicted molar refractivity (Wildman–Crippen MR) is 60.8 cm³/mol. The van der Waals surface area contributed by atoms with Crippen LogP contribution in [0.25, 0.3) is 0 Å². The summed E-state index contributed by atoms with van der Waals surface area (Å²) in [6, 6.07) is 2.00. The van der Waals surface area contributed by atoms with E-state index in [-0.39, 0.29) is 4.06 Å². The van der Waals surface area contributed by atoms with E-state index in [1.54, 1.807) is 0 Å². The maximum atomic E-state index is 11.3. The molecule has 0 bridgehead atoms. The van der Waals surface area contributed by atoms with Gasteiger partial charge in [0.25, 0.3) is 4.06 Å². The van der Waals surface area contributed by atoms with Crippen molar-refractivity contribution in [3.05, 3.63) is 13.7 Å². The largest absolute Gasteiger partial charge is 0.465 e. The summed E-state index contributed by atoms with van der Waals surface area (Å²) >= 11 is 3.26. The zero-order valence-corrected chi connectivity index (χ0v) is 10.3. The molecule has 0 radical (unpaired) electrons. The van der Waals surface area contributed by atoms with Crippen molar-refractivity contribution in [2.75, 3.05) is 12.9 Å². The summed E-state index contributed by atoms with van der Waals surface area (Å²) < 4.78 is 5.07. The van der Waals surface area contributed by atoms with Gasteiger partial charge >= 0.3 is 5.97 Å². The van der Waals surface area contributed by atoms with E-state index in [2.05, 4.69) is 4.74 Å². The average Bonchev–Trinajstić information content (AvgIpc) is 2.59. The van der Waals surface area contributed by atoms with Crippen molar-refractivity contribution < 1.29 is 9.53 Å². The number of carbonyl (C=O) groups is 1. The molecule has 80 valence electrons. The van der Waals surface area contributed by atoms with Gasteiger partial charge in [-0.3, -0.25) is 4.79 Å². The fraction of sp³-hybridized carbons (Fsp3) is 0.375. The molecule has 4 nitrogen and oxygen atoms in total. The molecule has 0 saturated heterocycles. The van der Waals surface area contributed by atoms with E-state index in [0.29, 0.717) is 21.3 Å². The third-order valence-electron chi connectivity index (χ3n) is 1.36. The van der Waals surface area contributed by atoms with Gasteiger partial charge < -0.3 is 4.74 Å². The van der Waals surface area contributed by atoms with Crippen LogP contribution in [0.15, 0.2) is 9.00 Å². The van der Waals surface area contributed by atoms with E-state index < -0.39 is 5.97 Å². The standard InChI is InChI=1S/C8H7NO3S3/c1-12-6(10)5-7(13-4-2-3-9)15-8(11)14-5/h2,4H2,1H3. The van der Waals surface area contributed by atoms with Gasteiger partial charge in [-0.25, -0.2) is 4.79 Å². The first-order chi connectivity index (χ1) is 7.19. The van der Waals surface area contributed by atoms with Gasteiger partial charge in [0, 0.05) is 12.2 Å². The van der Waals surface area contributed by atoms with Gasteiger partial charge in [-0.2, -0.15) is 5.26 Å². The molecule has 7 heteroatoms. The summed E-state index contributed by atoms with van der Waals surface area (Å²) in [5, 5.41) is 8.36. The number of methoxy groups -OCH3 is 1. The first-order valence-corrected chi connectivity index (χ1v) is 6.53. The van der Waals surface area contributed by atoms with Crippen LogP contribution >= 0.6 is 34.4 Å². The second-order valence-corrected chi connectivity index (χ2v) is 5.91. The Morgan fingerprint density at radius 3 is 2.93 bits per heavy atom. The van der Waals surface area contributed by atoms with Crippen LogP contribution in [0.5, 0.6) is 0 Å². The molecule has 0 aromatic carbocycles. The van der Waals surface area contributed by atoms with Gasteiger partial charge in [0.2, 0.25) is 0 Å². The van der Waals surface area contributed by atoms with Crippen LogP contribution in [-0.2, 0) is 4.74 Å². The summed E-state index contributed by atoms with van der Waals surface area (Å²) in [6.45, 7) is 0. The number of rotatable bonds is 4. The number of ether oxygens (including phenoxy) is 1. The number of esters is 1. The average molecular weight is 261 g/mol. The molecular weight excluding hydrogens is 254 g/mol. The van der Waals surface area contributed by atoms with Gasteiger partial charge in [0.15, 0.2) is 0 Å². The maximum absolute atomic E-state index is 11.3. The minimum atomic E-state index is -0.488. The number of hydrogen-bond acceptors (Lipinski definition) is 7. The van der Waals surface area contributed by atoms with E-state index >= 15 is 0 Å². The van der Waals surface area contributed by atoms with Crippen LogP contribution < -0.4 is 4.06 Å². The van der Waals surface area contributed by atoms with Gasteiger partial charge in [0.05, 0.1) is 17.4 Å². The minimum absolute atomic E-state index is 0.130. The normalized spacial score (nSPS) is 9.60. The molecule has 0 aliphatic carbocycles. The molecule has 1 heterocycles. The molecule has 1 aromatic heterocycles. The first-order valence-electron chi connectivity index (χ1n) is 3.91. The van der Waals surface area contributed by atoms with E-state index in [1.165, 1.54) is 18.9 Å². The smallest absolute Gasteiger partial charge is 0.350 e. The highest BCUT2D eigenvalue weighted by Crippen LogP contribution is 2.29. The number of carbonyl (C=O) groups excluding carboxylic acids is 1. The van der Waals surface area contributed by atoms with Crippen LogP contribution in [0.1, 0.15) is 16.1 Å².